The molecule has 0 spiro atoms. The molecule has 1 saturated heterocycles. The minimum Gasteiger partial charge on any atom is -0.387 e. The summed E-state index contributed by atoms with van der Waals surface area (Å²) in [7, 11) is 0. The molecule has 1 heterocycles. The number of ether oxygens (including phenoxy) is 1. The van der Waals surface area contributed by atoms with Crippen molar-refractivity contribution in [2.45, 2.75) is 37.3 Å². The standard InChI is InChI=1S/C17H14O4/c18-12-6-5-7-8-1-4-11-13(10(8)3-2-9(7)12)16-17(21-16)15(20)14(11)19/h1-4,14-17,19-20H,5-6H2. The first-order valence-corrected chi connectivity index (χ1v) is 7.30. The number of aliphatic hydroxyl groups excluding tert-OH is 2. The van der Waals surface area contributed by atoms with Crippen LogP contribution in [0, 0.1) is 0 Å². The van der Waals surface area contributed by atoms with Gasteiger partial charge in [0.2, 0.25) is 0 Å². The Morgan fingerprint density at radius 2 is 1.86 bits per heavy atom. The molecule has 3 aliphatic rings. The van der Waals surface area contributed by atoms with E-state index in [1.807, 2.05) is 24.3 Å². The summed E-state index contributed by atoms with van der Waals surface area (Å²) < 4.78 is 5.56. The number of aliphatic hydroxyl groups is 2. The molecule has 1 aliphatic heterocycles. The van der Waals surface area contributed by atoms with Crippen molar-refractivity contribution >= 4 is 16.6 Å². The highest BCUT2D eigenvalue weighted by Gasteiger charge is 2.54. The van der Waals surface area contributed by atoms with Crippen LogP contribution in [0.25, 0.3) is 10.8 Å². The molecule has 1 fully saturated rings. The number of carbonyl (C=O) groups excluding carboxylic acids is 1. The van der Waals surface area contributed by atoms with Crippen molar-refractivity contribution < 1.29 is 19.7 Å². The molecule has 0 saturated carbocycles. The number of benzene rings is 2. The van der Waals surface area contributed by atoms with Crippen LogP contribution in [0.5, 0.6) is 0 Å². The number of epoxide rings is 1. The van der Waals surface area contributed by atoms with Crippen molar-refractivity contribution in [3.8, 4) is 0 Å². The number of hydrogen-bond donors (Lipinski definition) is 2. The van der Waals surface area contributed by atoms with Gasteiger partial charge in [-0.1, -0.05) is 24.3 Å². The summed E-state index contributed by atoms with van der Waals surface area (Å²) in [6, 6.07) is 7.68. The quantitative estimate of drug-likeness (QED) is 0.723. The molecule has 2 N–H and O–H groups in total. The summed E-state index contributed by atoms with van der Waals surface area (Å²) in [6.45, 7) is 0. The molecule has 4 nitrogen and oxygen atoms in total. The summed E-state index contributed by atoms with van der Waals surface area (Å²) in [4.78, 5) is 11.9. The van der Waals surface area contributed by atoms with Crippen molar-refractivity contribution in [1.29, 1.82) is 0 Å². The fourth-order valence-electron chi connectivity index (χ4n) is 3.97. The van der Waals surface area contributed by atoms with Crippen LogP contribution in [0.1, 0.15) is 45.7 Å². The maximum atomic E-state index is 11.9. The summed E-state index contributed by atoms with van der Waals surface area (Å²) >= 11 is 0. The van der Waals surface area contributed by atoms with Crippen LogP contribution in [-0.4, -0.2) is 28.2 Å². The molecule has 0 aromatic heterocycles. The molecule has 0 bridgehead atoms. The van der Waals surface area contributed by atoms with Crippen LogP contribution in [0.4, 0.5) is 0 Å². The molecule has 2 aliphatic carbocycles. The number of hydrogen-bond acceptors (Lipinski definition) is 4. The number of aryl methyl sites for hydroxylation is 1. The van der Waals surface area contributed by atoms with Crippen LogP contribution in [-0.2, 0) is 11.2 Å². The number of ketones is 1. The Kier molecular flexibility index (Phi) is 2.10. The van der Waals surface area contributed by atoms with E-state index in [2.05, 4.69) is 0 Å². The van der Waals surface area contributed by atoms with Gasteiger partial charge in [-0.3, -0.25) is 4.79 Å². The molecule has 4 unspecified atom stereocenters. The molecular weight excluding hydrogens is 268 g/mol. The third-order valence-corrected chi connectivity index (χ3v) is 5.08. The summed E-state index contributed by atoms with van der Waals surface area (Å²) in [5.41, 5.74) is 3.67. The van der Waals surface area contributed by atoms with Crippen molar-refractivity contribution in [3.05, 3.63) is 46.5 Å². The topological polar surface area (TPSA) is 70.1 Å². The van der Waals surface area contributed by atoms with E-state index in [9.17, 15) is 15.0 Å². The predicted molar refractivity (Wildman–Crippen MR) is 75.2 cm³/mol. The van der Waals surface area contributed by atoms with Crippen LogP contribution < -0.4 is 0 Å². The Balaban J connectivity index is 1.83. The lowest BCUT2D eigenvalue weighted by atomic mass is 9.83. The van der Waals surface area contributed by atoms with Gasteiger partial charge in [-0.15, -0.1) is 0 Å². The Morgan fingerprint density at radius 1 is 1.05 bits per heavy atom. The highest BCUT2D eigenvalue weighted by atomic mass is 16.6. The summed E-state index contributed by atoms with van der Waals surface area (Å²) in [5, 5.41) is 22.3. The van der Waals surface area contributed by atoms with E-state index < -0.39 is 12.2 Å². The van der Waals surface area contributed by atoms with Crippen molar-refractivity contribution in [2.75, 3.05) is 0 Å². The highest BCUT2D eigenvalue weighted by Crippen LogP contribution is 2.53. The fourth-order valence-corrected chi connectivity index (χ4v) is 3.97. The first-order valence-electron chi connectivity index (χ1n) is 7.30. The zero-order valence-corrected chi connectivity index (χ0v) is 11.2. The zero-order chi connectivity index (χ0) is 14.3. The van der Waals surface area contributed by atoms with E-state index in [1.54, 1.807) is 0 Å². The molecule has 2 aromatic rings. The first-order chi connectivity index (χ1) is 10.2. The summed E-state index contributed by atoms with van der Waals surface area (Å²) in [6.07, 6.45) is -0.816. The third-order valence-electron chi connectivity index (χ3n) is 5.08. The van der Waals surface area contributed by atoms with Gasteiger partial charge in [-0.2, -0.15) is 0 Å². The molecule has 0 radical (unpaired) electrons. The Bertz CT molecular complexity index is 810. The number of fused-ring (bicyclic) bond motifs is 7. The van der Waals surface area contributed by atoms with E-state index in [0.29, 0.717) is 6.42 Å². The van der Waals surface area contributed by atoms with Gasteiger partial charge in [0.15, 0.2) is 5.78 Å². The Morgan fingerprint density at radius 3 is 2.71 bits per heavy atom. The molecule has 5 rings (SSSR count). The number of carbonyl (C=O) groups is 1. The lowest BCUT2D eigenvalue weighted by molar-refractivity contribution is 0.000105. The van der Waals surface area contributed by atoms with E-state index in [1.165, 1.54) is 0 Å². The van der Waals surface area contributed by atoms with E-state index in [-0.39, 0.29) is 18.0 Å². The van der Waals surface area contributed by atoms with E-state index in [4.69, 9.17) is 4.74 Å². The lowest BCUT2D eigenvalue weighted by Gasteiger charge is -2.24. The van der Waals surface area contributed by atoms with Gasteiger partial charge in [-0.25, -0.2) is 0 Å². The average Bonchev–Trinajstić information content (AvgIpc) is 3.21. The van der Waals surface area contributed by atoms with E-state index in [0.717, 1.165) is 39.4 Å². The molecular formula is C17H14O4. The zero-order valence-electron chi connectivity index (χ0n) is 11.2. The number of Topliss-reactive ketones (excluding diaryl/α,β-unsaturated/α-hetero) is 1. The largest absolute Gasteiger partial charge is 0.387 e. The normalized spacial score (nSPS) is 32.8. The fraction of sp³-hybridized carbons (Fsp3) is 0.353. The highest BCUT2D eigenvalue weighted by molar-refractivity contribution is 6.06. The van der Waals surface area contributed by atoms with Gasteiger partial charge >= 0.3 is 0 Å². The lowest BCUT2D eigenvalue weighted by Crippen LogP contribution is -2.29. The molecule has 0 amide bonds. The Hall–Kier alpha value is -1.75. The third kappa shape index (κ3) is 1.37. The van der Waals surface area contributed by atoms with Gasteiger partial charge in [0.05, 0.1) is 0 Å². The molecule has 2 aromatic carbocycles. The molecule has 4 heteroatoms. The van der Waals surface area contributed by atoms with Gasteiger partial charge < -0.3 is 14.9 Å². The second kappa shape index (κ2) is 3.71. The van der Waals surface area contributed by atoms with Gasteiger partial charge in [0.1, 0.15) is 24.4 Å². The van der Waals surface area contributed by atoms with Gasteiger partial charge in [-0.05, 0) is 33.9 Å². The Labute approximate surface area is 121 Å². The SMILES string of the molecule is O=C1CCc2c1ccc1c3c(ccc21)C(O)C(O)C1OC31. The minimum absolute atomic E-state index is 0.128. The van der Waals surface area contributed by atoms with Crippen LogP contribution >= 0.6 is 0 Å². The van der Waals surface area contributed by atoms with Crippen molar-refractivity contribution in [1.82, 2.24) is 0 Å². The maximum absolute atomic E-state index is 11.9. The number of rotatable bonds is 0. The molecule has 106 valence electrons. The van der Waals surface area contributed by atoms with Crippen molar-refractivity contribution in [3.63, 3.8) is 0 Å². The molecule has 4 atom stereocenters. The van der Waals surface area contributed by atoms with Crippen molar-refractivity contribution in [2.24, 2.45) is 0 Å². The smallest absolute Gasteiger partial charge is 0.163 e. The monoisotopic (exact) mass is 282 g/mol. The minimum atomic E-state index is -0.900. The second-order valence-corrected chi connectivity index (χ2v) is 6.14. The van der Waals surface area contributed by atoms with Gasteiger partial charge in [0.25, 0.3) is 0 Å². The maximum Gasteiger partial charge on any atom is 0.163 e. The predicted octanol–water partition coefficient (Wildman–Crippen LogP) is 1.82. The second-order valence-electron chi connectivity index (χ2n) is 6.14. The van der Waals surface area contributed by atoms with Gasteiger partial charge in [0, 0.05) is 12.0 Å². The molecule has 21 heavy (non-hydrogen) atoms. The first kappa shape index (κ1) is 11.9. The van der Waals surface area contributed by atoms with E-state index >= 15 is 0 Å². The summed E-state index contributed by atoms with van der Waals surface area (Å²) in [5.74, 6) is 0.209. The van der Waals surface area contributed by atoms with Crippen LogP contribution in [0.15, 0.2) is 24.3 Å². The van der Waals surface area contributed by atoms with Crippen LogP contribution in [0.2, 0.25) is 0 Å². The van der Waals surface area contributed by atoms with Crippen LogP contribution in [0.3, 0.4) is 0 Å². The average molecular weight is 282 g/mol.